The molecule has 0 unspecified atom stereocenters. The van der Waals surface area contributed by atoms with E-state index in [1.807, 2.05) is 24.4 Å². The van der Waals surface area contributed by atoms with E-state index in [1.165, 1.54) is 0 Å². The molecule has 0 aliphatic carbocycles. The molecule has 3 rings (SSSR count). The summed E-state index contributed by atoms with van der Waals surface area (Å²) in [6.45, 7) is 3.60. The fourth-order valence-corrected chi connectivity index (χ4v) is 4.57. The molecule has 2 heterocycles. The molecule has 1 aromatic heterocycles. The molecule has 0 bridgehead atoms. The molecule has 0 amide bonds. The lowest BCUT2D eigenvalue weighted by atomic mass is 10.1. The summed E-state index contributed by atoms with van der Waals surface area (Å²) in [5, 5.41) is 2.97. The predicted octanol–water partition coefficient (Wildman–Crippen LogP) is 2.40. The molecule has 5 nitrogen and oxygen atoms in total. The van der Waals surface area contributed by atoms with Crippen LogP contribution in [0.2, 0.25) is 0 Å². The Kier molecular flexibility index (Phi) is 4.46. The summed E-state index contributed by atoms with van der Waals surface area (Å²) in [7, 11) is -3.43. The molecule has 1 aliphatic heterocycles. The molecule has 22 heavy (non-hydrogen) atoms. The Balaban J connectivity index is 1.61. The minimum atomic E-state index is -3.43. The van der Waals surface area contributed by atoms with Gasteiger partial charge in [-0.3, -0.25) is 0 Å². The number of aromatic nitrogens is 1. The minimum Gasteiger partial charge on any atom is -0.348 e. The van der Waals surface area contributed by atoms with E-state index in [-0.39, 0.29) is 6.04 Å². The maximum atomic E-state index is 12.4. The van der Waals surface area contributed by atoms with E-state index in [1.54, 1.807) is 29.7 Å². The molecule has 1 aromatic carbocycles. The highest BCUT2D eigenvalue weighted by Crippen LogP contribution is 2.22. The van der Waals surface area contributed by atoms with Gasteiger partial charge in [-0.05, 0) is 31.9 Å². The van der Waals surface area contributed by atoms with Gasteiger partial charge < -0.3 is 4.90 Å². The van der Waals surface area contributed by atoms with Crippen molar-refractivity contribution in [2.24, 2.45) is 0 Å². The van der Waals surface area contributed by atoms with Crippen molar-refractivity contribution in [2.75, 3.05) is 18.0 Å². The van der Waals surface area contributed by atoms with Crippen LogP contribution >= 0.6 is 11.3 Å². The van der Waals surface area contributed by atoms with Crippen LogP contribution in [-0.2, 0) is 10.0 Å². The first-order valence-corrected chi connectivity index (χ1v) is 9.64. The molecule has 7 heteroatoms. The van der Waals surface area contributed by atoms with Crippen LogP contribution in [0.25, 0.3) is 0 Å². The van der Waals surface area contributed by atoms with Gasteiger partial charge in [-0.25, -0.2) is 18.1 Å². The summed E-state index contributed by atoms with van der Waals surface area (Å²) < 4.78 is 27.6. The summed E-state index contributed by atoms with van der Waals surface area (Å²) >= 11 is 1.62. The molecule has 0 radical (unpaired) electrons. The molecule has 118 valence electrons. The van der Waals surface area contributed by atoms with Crippen molar-refractivity contribution in [1.82, 2.24) is 9.71 Å². The number of anilines is 1. The van der Waals surface area contributed by atoms with Crippen LogP contribution in [0.1, 0.15) is 18.4 Å². The number of sulfonamides is 1. The maximum Gasteiger partial charge on any atom is 0.240 e. The monoisotopic (exact) mass is 337 g/mol. The molecular weight excluding hydrogens is 318 g/mol. The second-order valence-electron chi connectivity index (χ2n) is 5.51. The number of hydrogen-bond acceptors (Lipinski definition) is 5. The zero-order valence-corrected chi connectivity index (χ0v) is 14.0. The number of nitrogens with zero attached hydrogens (tertiary/aromatic N) is 2. The molecule has 0 spiro atoms. The molecular formula is C15H19N3O2S2. The average molecular weight is 337 g/mol. The standard InChI is InChI=1S/C15H19N3O2S2/c1-12-2-4-14(5-3-12)22(19,20)17-13-6-9-18(10-7-13)15-16-8-11-21-15/h2-5,8,11,13,17H,6-7,9-10H2,1H3. The second kappa shape index (κ2) is 6.36. The Morgan fingerprint density at radius 1 is 1.23 bits per heavy atom. The van der Waals surface area contributed by atoms with Crippen LogP contribution in [-0.4, -0.2) is 32.5 Å². The Hall–Kier alpha value is -1.44. The molecule has 1 fully saturated rings. The number of piperidine rings is 1. The van der Waals surface area contributed by atoms with Gasteiger partial charge in [0.15, 0.2) is 5.13 Å². The zero-order valence-electron chi connectivity index (χ0n) is 12.4. The molecule has 2 aromatic rings. The quantitative estimate of drug-likeness (QED) is 0.930. The number of aryl methyl sites for hydroxylation is 1. The minimum absolute atomic E-state index is 0.0116. The summed E-state index contributed by atoms with van der Waals surface area (Å²) in [4.78, 5) is 6.84. The zero-order chi connectivity index (χ0) is 15.6. The number of hydrogen-bond donors (Lipinski definition) is 1. The van der Waals surface area contributed by atoms with Gasteiger partial charge in [0.1, 0.15) is 0 Å². The van der Waals surface area contributed by atoms with Gasteiger partial charge >= 0.3 is 0 Å². The second-order valence-corrected chi connectivity index (χ2v) is 8.10. The molecule has 1 N–H and O–H groups in total. The molecule has 0 atom stereocenters. The van der Waals surface area contributed by atoms with E-state index in [0.717, 1.165) is 36.6 Å². The number of benzene rings is 1. The summed E-state index contributed by atoms with van der Waals surface area (Å²) in [6, 6.07) is 6.94. The maximum absolute atomic E-state index is 12.4. The Labute approximate surface area is 135 Å². The van der Waals surface area contributed by atoms with Gasteiger partial charge in [-0.1, -0.05) is 17.7 Å². The van der Waals surface area contributed by atoms with Crippen molar-refractivity contribution < 1.29 is 8.42 Å². The van der Waals surface area contributed by atoms with Crippen molar-refractivity contribution >= 4 is 26.5 Å². The van der Waals surface area contributed by atoms with Gasteiger partial charge in [0.25, 0.3) is 0 Å². The van der Waals surface area contributed by atoms with Crippen LogP contribution in [0.15, 0.2) is 40.7 Å². The smallest absolute Gasteiger partial charge is 0.240 e. The topological polar surface area (TPSA) is 62.3 Å². The Morgan fingerprint density at radius 2 is 1.91 bits per heavy atom. The highest BCUT2D eigenvalue weighted by Gasteiger charge is 2.25. The summed E-state index contributed by atoms with van der Waals surface area (Å²) in [5.41, 5.74) is 1.05. The van der Waals surface area contributed by atoms with Gasteiger partial charge in [0, 0.05) is 30.7 Å². The van der Waals surface area contributed by atoms with Crippen molar-refractivity contribution in [2.45, 2.75) is 30.7 Å². The highest BCUT2D eigenvalue weighted by atomic mass is 32.2. The van der Waals surface area contributed by atoms with Gasteiger partial charge in [-0.15, -0.1) is 11.3 Å². The van der Waals surface area contributed by atoms with Gasteiger partial charge in [-0.2, -0.15) is 0 Å². The fourth-order valence-electron chi connectivity index (χ4n) is 2.57. The van der Waals surface area contributed by atoms with Crippen LogP contribution in [0.5, 0.6) is 0 Å². The van der Waals surface area contributed by atoms with E-state index in [4.69, 9.17) is 0 Å². The van der Waals surface area contributed by atoms with Gasteiger partial charge in [0.2, 0.25) is 10.0 Å². The van der Waals surface area contributed by atoms with E-state index in [2.05, 4.69) is 14.6 Å². The lowest BCUT2D eigenvalue weighted by molar-refractivity contribution is 0.460. The molecule has 0 saturated carbocycles. The summed E-state index contributed by atoms with van der Waals surface area (Å²) in [6.07, 6.45) is 3.39. The van der Waals surface area contributed by atoms with Crippen LogP contribution < -0.4 is 9.62 Å². The SMILES string of the molecule is Cc1ccc(S(=O)(=O)NC2CCN(c3nccs3)CC2)cc1. The Morgan fingerprint density at radius 3 is 2.50 bits per heavy atom. The van der Waals surface area contributed by atoms with Crippen molar-refractivity contribution in [3.05, 3.63) is 41.4 Å². The normalized spacial score (nSPS) is 16.9. The largest absolute Gasteiger partial charge is 0.348 e. The third-order valence-corrected chi connectivity index (χ3v) is 6.21. The lowest BCUT2D eigenvalue weighted by Gasteiger charge is -2.31. The lowest BCUT2D eigenvalue weighted by Crippen LogP contribution is -2.44. The highest BCUT2D eigenvalue weighted by molar-refractivity contribution is 7.89. The number of nitrogens with one attached hydrogen (secondary N) is 1. The summed E-state index contributed by atoms with van der Waals surface area (Å²) in [5.74, 6) is 0. The van der Waals surface area contributed by atoms with Gasteiger partial charge in [0.05, 0.1) is 4.90 Å². The van der Waals surface area contributed by atoms with E-state index in [9.17, 15) is 8.42 Å². The van der Waals surface area contributed by atoms with Crippen LogP contribution in [0.3, 0.4) is 0 Å². The fraction of sp³-hybridized carbons (Fsp3) is 0.400. The van der Waals surface area contributed by atoms with E-state index in [0.29, 0.717) is 4.90 Å². The van der Waals surface area contributed by atoms with Crippen molar-refractivity contribution in [3.63, 3.8) is 0 Å². The van der Waals surface area contributed by atoms with Crippen LogP contribution in [0.4, 0.5) is 5.13 Å². The third-order valence-electron chi connectivity index (χ3n) is 3.84. The molecule has 1 aliphatic rings. The van der Waals surface area contributed by atoms with Crippen LogP contribution in [0, 0.1) is 6.92 Å². The first-order valence-electron chi connectivity index (χ1n) is 7.28. The first kappa shape index (κ1) is 15.5. The average Bonchev–Trinajstić information content (AvgIpc) is 3.02. The van der Waals surface area contributed by atoms with Crippen molar-refractivity contribution in [1.29, 1.82) is 0 Å². The van der Waals surface area contributed by atoms with E-state index < -0.39 is 10.0 Å². The Bertz CT molecular complexity index is 704. The molecule has 1 saturated heterocycles. The van der Waals surface area contributed by atoms with Crippen molar-refractivity contribution in [3.8, 4) is 0 Å². The van der Waals surface area contributed by atoms with E-state index >= 15 is 0 Å². The third kappa shape index (κ3) is 3.48. The first-order chi connectivity index (χ1) is 10.5. The predicted molar refractivity (Wildman–Crippen MR) is 88.8 cm³/mol. The number of rotatable bonds is 4. The number of thiazole rings is 1.